The van der Waals surface area contributed by atoms with E-state index in [1.54, 1.807) is 24.1 Å². The molecule has 1 aliphatic rings. The normalized spacial score (nSPS) is 15.2. The number of carbonyl (C=O) groups excluding carboxylic acids is 1. The average molecular weight is 407 g/mol. The molecule has 1 fully saturated rings. The van der Waals surface area contributed by atoms with Crippen LogP contribution in [-0.2, 0) is 6.54 Å². The third-order valence-corrected chi connectivity index (χ3v) is 4.86. The van der Waals surface area contributed by atoms with Crippen LogP contribution in [0.5, 0.6) is 5.75 Å². The summed E-state index contributed by atoms with van der Waals surface area (Å²) < 4.78 is 19.7. The highest BCUT2D eigenvalue weighted by molar-refractivity contribution is 9.10. The van der Waals surface area contributed by atoms with Crippen molar-refractivity contribution in [2.75, 3.05) is 33.3 Å². The quantitative estimate of drug-likeness (QED) is 0.777. The van der Waals surface area contributed by atoms with Crippen molar-refractivity contribution in [2.45, 2.75) is 6.54 Å². The van der Waals surface area contributed by atoms with Crippen LogP contribution in [0.25, 0.3) is 0 Å². The number of amides is 1. The molecule has 0 aromatic heterocycles. The Balaban J connectivity index is 1.61. The van der Waals surface area contributed by atoms with Crippen molar-refractivity contribution in [1.29, 1.82) is 0 Å². The van der Waals surface area contributed by atoms with Gasteiger partial charge in [0.15, 0.2) is 0 Å². The fraction of sp³-hybridized carbons (Fsp3) is 0.316. The number of halogens is 2. The number of nitrogens with zero attached hydrogens (tertiary/aromatic N) is 2. The summed E-state index contributed by atoms with van der Waals surface area (Å²) in [6.45, 7) is 3.58. The maximum absolute atomic E-state index is 13.3. The summed E-state index contributed by atoms with van der Waals surface area (Å²) in [5, 5.41) is 0. The number of methoxy groups -OCH3 is 1. The zero-order valence-electron chi connectivity index (χ0n) is 14.0. The summed E-state index contributed by atoms with van der Waals surface area (Å²) in [5.41, 5.74) is 1.52. The van der Waals surface area contributed by atoms with Gasteiger partial charge < -0.3 is 9.64 Å². The highest BCUT2D eigenvalue weighted by Crippen LogP contribution is 2.25. The number of piperazine rings is 1. The maximum Gasteiger partial charge on any atom is 0.254 e. The molecular weight excluding hydrogens is 387 g/mol. The summed E-state index contributed by atoms with van der Waals surface area (Å²) in [4.78, 5) is 16.5. The Kier molecular flexibility index (Phi) is 5.71. The first-order chi connectivity index (χ1) is 12.1. The molecular formula is C19H20BrFN2O2. The van der Waals surface area contributed by atoms with Gasteiger partial charge in [0, 0.05) is 48.3 Å². The molecule has 2 aromatic carbocycles. The Morgan fingerprint density at radius 3 is 2.60 bits per heavy atom. The second kappa shape index (κ2) is 7.97. The molecule has 0 unspecified atom stereocenters. The van der Waals surface area contributed by atoms with E-state index in [-0.39, 0.29) is 11.7 Å². The lowest BCUT2D eigenvalue weighted by atomic mass is 10.1. The molecule has 0 aliphatic carbocycles. The van der Waals surface area contributed by atoms with E-state index < -0.39 is 0 Å². The molecule has 1 aliphatic heterocycles. The molecule has 0 radical (unpaired) electrons. The van der Waals surface area contributed by atoms with Gasteiger partial charge in [0.25, 0.3) is 5.91 Å². The van der Waals surface area contributed by atoms with Crippen LogP contribution in [0.3, 0.4) is 0 Å². The van der Waals surface area contributed by atoms with Crippen LogP contribution in [0.2, 0.25) is 0 Å². The molecule has 132 valence electrons. The Labute approximate surface area is 155 Å². The topological polar surface area (TPSA) is 32.8 Å². The fourth-order valence-corrected chi connectivity index (χ4v) is 3.43. The fourth-order valence-electron chi connectivity index (χ4n) is 3.02. The van der Waals surface area contributed by atoms with Crippen molar-refractivity contribution in [3.8, 4) is 5.75 Å². The molecule has 6 heteroatoms. The van der Waals surface area contributed by atoms with E-state index >= 15 is 0 Å². The first kappa shape index (κ1) is 17.9. The highest BCUT2D eigenvalue weighted by atomic mass is 79.9. The molecule has 2 aromatic rings. The highest BCUT2D eigenvalue weighted by Gasteiger charge is 2.23. The molecule has 1 saturated heterocycles. The van der Waals surface area contributed by atoms with Crippen molar-refractivity contribution in [1.82, 2.24) is 9.80 Å². The minimum absolute atomic E-state index is 0.112. The number of rotatable bonds is 4. The summed E-state index contributed by atoms with van der Waals surface area (Å²) in [6, 6.07) is 11.8. The molecule has 1 amide bonds. The lowest BCUT2D eigenvalue weighted by molar-refractivity contribution is 0.0627. The van der Waals surface area contributed by atoms with Crippen molar-refractivity contribution in [2.24, 2.45) is 0 Å². The van der Waals surface area contributed by atoms with E-state index in [1.165, 1.54) is 12.1 Å². The third kappa shape index (κ3) is 4.38. The van der Waals surface area contributed by atoms with E-state index in [0.717, 1.165) is 35.4 Å². The van der Waals surface area contributed by atoms with Crippen LogP contribution in [0.15, 0.2) is 46.9 Å². The molecule has 4 nitrogen and oxygen atoms in total. The lowest BCUT2D eigenvalue weighted by Gasteiger charge is -2.35. The standard InChI is InChI=1S/C19H20BrFN2O2/c1-25-18-6-5-16(20)11-15(18)13-22-7-9-23(10-8-22)19(24)14-3-2-4-17(21)12-14/h2-6,11-12H,7-10,13H2,1H3. The zero-order chi connectivity index (χ0) is 17.8. The molecule has 0 saturated carbocycles. The van der Waals surface area contributed by atoms with E-state index in [0.29, 0.717) is 18.7 Å². The van der Waals surface area contributed by atoms with Gasteiger partial charge >= 0.3 is 0 Å². The Morgan fingerprint density at radius 1 is 1.16 bits per heavy atom. The second-order valence-electron chi connectivity index (χ2n) is 6.03. The number of benzene rings is 2. The van der Waals surface area contributed by atoms with Crippen LogP contribution in [-0.4, -0.2) is 49.0 Å². The van der Waals surface area contributed by atoms with E-state index in [2.05, 4.69) is 26.9 Å². The Hall–Kier alpha value is -1.92. The first-order valence-corrected chi connectivity index (χ1v) is 8.96. The summed E-state index contributed by atoms with van der Waals surface area (Å²) in [7, 11) is 1.67. The van der Waals surface area contributed by atoms with Crippen molar-refractivity contribution < 1.29 is 13.9 Å². The minimum atomic E-state index is -0.383. The van der Waals surface area contributed by atoms with Crippen LogP contribution < -0.4 is 4.74 Å². The van der Waals surface area contributed by atoms with Gasteiger partial charge in [-0.1, -0.05) is 22.0 Å². The lowest BCUT2D eigenvalue weighted by Crippen LogP contribution is -2.48. The molecule has 0 atom stereocenters. The number of hydrogen-bond acceptors (Lipinski definition) is 3. The first-order valence-electron chi connectivity index (χ1n) is 8.16. The minimum Gasteiger partial charge on any atom is -0.496 e. The van der Waals surface area contributed by atoms with Gasteiger partial charge in [-0.15, -0.1) is 0 Å². The van der Waals surface area contributed by atoms with E-state index in [1.807, 2.05) is 12.1 Å². The molecule has 0 N–H and O–H groups in total. The van der Waals surface area contributed by atoms with Gasteiger partial charge in [-0.3, -0.25) is 9.69 Å². The number of hydrogen-bond donors (Lipinski definition) is 0. The van der Waals surface area contributed by atoms with Gasteiger partial charge in [-0.05, 0) is 36.4 Å². The molecule has 25 heavy (non-hydrogen) atoms. The van der Waals surface area contributed by atoms with Crippen molar-refractivity contribution in [3.63, 3.8) is 0 Å². The number of ether oxygens (including phenoxy) is 1. The van der Waals surface area contributed by atoms with E-state index in [4.69, 9.17) is 4.74 Å². The SMILES string of the molecule is COc1ccc(Br)cc1CN1CCN(C(=O)c2cccc(F)c2)CC1. The second-order valence-corrected chi connectivity index (χ2v) is 6.95. The van der Waals surface area contributed by atoms with Gasteiger partial charge in [-0.25, -0.2) is 4.39 Å². The molecule has 3 rings (SSSR count). The van der Waals surface area contributed by atoms with Gasteiger partial charge in [0.1, 0.15) is 11.6 Å². The van der Waals surface area contributed by atoms with Gasteiger partial charge in [0.05, 0.1) is 7.11 Å². The average Bonchev–Trinajstić information content (AvgIpc) is 2.62. The van der Waals surface area contributed by atoms with Crippen LogP contribution in [0.4, 0.5) is 4.39 Å². The number of carbonyl (C=O) groups is 1. The Morgan fingerprint density at radius 2 is 1.92 bits per heavy atom. The molecule has 1 heterocycles. The molecule has 0 bridgehead atoms. The maximum atomic E-state index is 13.3. The summed E-state index contributed by atoms with van der Waals surface area (Å²) in [5.74, 6) is 0.367. The largest absolute Gasteiger partial charge is 0.496 e. The van der Waals surface area contributed by atoms with Gasteiger partial charge in [0.2, 0.25) is 0 Å². The summed E-state index contributed by atoms with van der Waals surface area (Å²) >= 11 is 3.49. The van der Waals surface area contributed by atoms with Gasteiger partial charge in [-0.2, -0.15) is 0 Å². The van der Waals surface area contributed by atoms with Crippen LogP contribution >= 0.6 is 15.9 Å². The zero-order valence-corrected chi connectivity index (χ0v) is 15.6. The van der Waals surface area contributed by atoms with E-state index in [9.17, 15) is 9.18 Å². The van der Waals surface area contributed by atoms with Crippen molar-refractivity contribution in [3.05, 3.63) is 63.9 Å². The third-order valence-electron chi connectivity index (χ3n) is 4.37. The molecule has 0 spiro atoms. The van der Waals surface area contributed by atoms with Crippen molar-refractivity contribution >= 4 is 21.8 Å². The van der Waals surface area contributed by atoms with Crippen LogP contribution in [0.1, 0.15) is 15.9 Å². The van der Waals surface area contributed by atoms with Crippen LogP contribution in [0, 0.1) is 5.82 Å². The Bertz CT molecular complexity index is 761. The predicted octanol–water partition coefficient (Wildman–Crippen LogP) is 3.55. The summed E-state index contributed by atoms with van der Waals surface area (Å²) in [6.07, 6.45) is 0. The smallest absolute Gasteiger partial charge is 0.254 e. The predicted molar refractivity (Wildman–Crippen MR) is 98.3 cm³/mol. The monoisotopic (exact) mass is 406 g/mol.